The molecule has 5 rings (SSSR count). The lowest BCUT2D eigenvalue weighted by Crippen LogP contribution is -2.66. The molecule has 3 heterocycles. The lowest BCUT2D eigenvalue weighted by Gasteiger charge is -2.48. The molecule has 2 aromatic carbocycles. The Bertz CT molecular complexity index is 1610. The summed E-state index contributed by atoms with van der Waals surface area (Å²) < 4.78 is 50.5. The van der Waals surface area contributed by atoms with Gasteiger partial charge < -0.3 is 93.7 Å². The number of phenolic OH excluding ortho intramolecular Hbond substituents is 2. The molecule has 20 heteroatoms. The largest absolute Gasteiger partial charge is 0.504 e. The predicted molar refractivity (Wildman–Crippen MR) is 185 cm³/mol. The van der Waals surface area contributed by atoms with Gasteiger partial charge >= 0.3 is 5.97 Å². The van der Waals surface area contributed by atoms with Crippen molar-refractivity contribution in [3.63, 3.8) is 0 Å². The van der Waals surface area contributed by atoms with Crippen molar-refractivity contribution in [1.29, 1.82) is 0 Å². The van der Waals surface area contributed by atoms with Gasteiger partial charge in [-0.2, -0.15) is 0 Å². The lowest BCUT2D eigenvalue weighted by molar-refractivity contribution is -0.386. The highest BCUT2D eigenvalue weighted by Gasteiger charge is 2.54. The number of benzene rings is 2. The number of phenols is 2. The third-order valence-electron chi connectivity index (χ3n) is 9.43. The molecular formula is C36H48O20. The summed E-state index contributed by atoms with van der Waals surface area (Å²) in [7, 11) is 2.74. The van der Waals surface area contributed by atoms with Crippen LogP contribution in [0.3, 0.4) is 0 Å². The number of ether oxygens (including phenoxy) is 9. The molecule has 14 atom stereocenters. The zero-order valence-corrected chi connectivity index (χ0v) is 30.3. The summed E-state index contributed by atoms with van der Waals surface area (Å²) in [6.45, 7) is -2.07. The van der Waals surface area contributed by atoms with Crippen molar-refractivity contribution in [2.75, 3.05) is 40.6 Å². The molecule has 0 saturated carbocycles. The Morgan fingerprint density at radius 3 is 2.14 bits per heavy atom. The normalized spacial score (nSPS) is 35.0. The summed E-state index contributed by atoms with van der Waals surface area (Å²) in [4.78, 5) is 12.8. The molecule has 3 fully saturated rings. The molecule has 0 amide bonds. The van der Waals surface area contributed by atoms with Gasteiger partial charge in [0.15, 0.2) is 41.9 Å². The molecule has 0 aliphatic carbocycles. The Hall–Kier alpha value is -3.71. The molecule has 0 bridgehead atoms. The van der Waals surface area contributed by atoms with Crippen molar-refractivity contribution < 1.29 is 98.5 Å². The average molecular weight is 801 g/mol. The van der Waals surface area contributed by atoms with Gasteiger partial charge in [0.05, 0.1) is 34.0 Å². The average Bonchev–Trinajstić information content (AvgIpc) is 3.19. The standard InChI is InChI=1S/C36H48O20/c1-48-21-7-4-17(11-19(21)39)9-10-50-36-33(56-34-30(46)26(42)20(40)14-52-34)32(55-35-31(47)29(45)27(43)23(13-37)53-35)28(44)24(54-36)15-51-25(41)8-5-16-3-6-18(38)22(12-16)49-2/h3-8,11-12,20,23-24,26-40,42-47H,9-10,13-15H2,1-2H3/b8-5+/t20-,23+,24+,26-,27+,28+,29-,30+,31+,32-,33+,34-,35-,36+/m0/s1. The highest BCUT2D eigenvalue weighted by Crippen LogP contribution is 2.34. The van der Waals surface area contributed by atoms with Gasteiger partial charge in [0.2, 0.25) is 0 Å². The molecule has 0 radical (unpaired) electrons. The minimum absolute atomic E-state index is 0.115. The second-order valence-corrected chi connectivity index (χ2v) is 13.2. The van der Waals surface area contributed by atoms with Crippen molar-refractivity contribution in [2.45, 2.75) is 92.4 Å². The summed E-state index contributed by atoms with van der Waals surface area (Å²) in [6.07, 6.45) is -21.2. The Labute approximate surface area is 320 Å². The number of aromatic hydroxyl groups is 2. The number of hydrogen-bond acceptors (Lipinski definition) is 20. The molecule has 3 aliphatic heterocycles. The van der Waals surface area contributed by atoms with E-state index in [-0.39, 0.29) is 36.0 Å². The maximum absolute atomic E-state index is 12.8. The van der Waals surface area contributed by atoms with E-state index in [2.05, 4.69) is 0 Å². The van der Waals surface area contributed by atoms with Gasteiger partial charge in [0.25, 0.3) is 0 Å². The van der Waals surface area contributed by atoms with Crippen LogP contribution in [0.2, 0.25) is 0 Å². The first kappa shape index (κ1) is 43.4. The fourth-order valence-corrected chi connectivity index (χ4v) is 6.21. The first-order chi connectivity index (χ1) is 26.8. The molecule has 10 N–H and O–H groups in total. The van der Waals surface area contributed by atoms with E-state index in [0.29, 0.717) is 11.1 Å². The topological polar surface area (TPSA) is 302 Å². The molecule has 0 spiro atoms. The summed E-state index contributed by atoms with van der Waals surface area (Å²) >= 11 is 0. The van der Waals surface area contributed by atoms with E-state index in [1.54, 1.807) is 6.07 Å². The number of rotatable bonds is 15. The monoisotopic (exact) mass is 800 g/mol. The van der Waals surface area contributed by atoms with Gasteiger partial charge in [-0.25, -0.2) is 4.79 Å². The fraction of sp³-hybridized carbons (Fsp3) is 0.583. The van der Waals surface area contributed by atoms with Gasteiger partial charge in [0, 0.05) is 6.08 Å². The molecule has 56 heavy (non-hydrogen) atoms. The van der Waals surface area contributed by atoms with Crippen LogP contribution in [-0.4, -0.2) is 184 Å². The van der Waals surface area contributed by atoms with Crippen molar-refractivity contribution in [3.05, 3.63) is 53.6 Å². The zero-order chi connectivity index (χ0) is 40.7. The van der Waals surface area contributed by atoms with E-state index in [9.17, 15) is 55.9 Å². The molecule has 20 nitrogen and oxygen atoms in total. The Kier molecular flexibility index (Phi) is 15.2. The molecule has 0 unspecified atom stereocenters. The third kappa shape index (κ3) is 10.2. The first-order valence-electron chi connectivity index (χ1n) is 17.6. The number of hydrogen-bond donors (Lipinski definition) is 10. The minimum Gasteiger partial charge on any atom is -0.504 e. The molecular weight excluding hydrogens is 752 g/mol. The van der Waals surface area contributed by atoms with Crippen LogP contribution in [0.1, 0.15) is 11.1 Å². The van der Waals surface area contributed by atoms with Crippen LogP contribution in [0, 0.1) is 0 Å². The number of methoxy groups -OCH3 is 2. The highest BCUT2D eigenvalue weighted by molar-refractivity contribution is 5.87. The molecule has 2 aromatic rings. The minimum atomic E-state index is -1.95. The molecule has 312 valence electrons. The van der Waals surface area contributed by atoms with Crippen LogP contribution in [0.5, 0.6) is 23.0 Å². The van der Waals surface area contributed by atoms with Gasteiger partial charge in [-0.05, 0) is 47.9 Å². The SMILES string of the molecule is COc1ccc(CCO[C@@H]2O[C@H](COC(=O)/C=C/c3ccc(O)c(OC)c3)[C@@H](O)[C@H](O[C@@H]3O[C@H](CO)[C@@H](O)[C@H](O)[C@H]3O)[C@H]2O[C@@H]2OC[C@H](O)[C@H](O)[C@H]2O)cc1O. The van der Waals surface area contributed by atoms with E-state index < -0.39 is 112 Å². The zero-order valence-electron chi connectivity index (χ0n) is 30.3. The van der Waals surface area contributed by atoms with Crippen LogP contribution in [0.15, 0.2) is 42.5 Å². The summed E-state index contributed by atoms with van der Waals surface area (Å²) in [6, 6.07) is 8.98. The smallest absolute Gasteiger partial charge is 0.330 e. The fourth-order valence-electron chi connectivity index (χ4n) is 6.21. The van der Waals surface area contributed by atoms with Crippen LogP contribution in [0.25, 0.3) is 6.08 Å². The van der Waals surface area contributed by atoms with E-state index in [4.69, 9.17) is 42.6 Å². The Morgan fingerprint density at radius 1 is 0.750 bits per heavy atom. The molecule has 3 saturated heterocycles. The second kappa shape index (κ2) is 19.6. The summed E-state index contributed by atoms with van der Waals surface area (Å²) in [5, 5.41) is 104. The molecule has 3 aliphatic rings. The van der Waals surface area contributed by atoms with Crippen LogP contribution in [-0.2, 0) is 44.4 Å². The quantitative estimate of drug-likeness (QED) is 0.0635. The van der Waals surface area contributed by atoms with Crippen molar-refractivity contribution in [3.8, 4) is 23.0 Å². The van der Waals surface area contributed by atoms with Gasteiger partial charge in [-0.1, -0.05) is 12.1 Å². The van der Waals surface area contributed by atoms with Crippen LogP contribution < -0.4 is 9.47 Å². The lowest BCUT2D eigenvalue weighted by atomic mass is 9.96. The van der Waals surface area contributed by atoms with E-state index >= 15 is 0 Å². The summed E-state index contributed by atoms with van der Waals surface area (Å²) in [5.41, 5.74) is 1.07. The number of carbonyl (C=O) groups is 1. The molecule has 0 aromatic heterocycles. The van der Waals surface area contributed by atoms with Gasteiger partial charge in [-0.3, -0.25) is 0 Å². The van der Waals surface area contributed by atoms with E-state index in [1.165, 1.54) is 50.6 Å². The van der Waals surface area contributed by atoms with Crippen molar-refractivity contribution >= 4 is 12.0 Å². The van der Waals surface area contributed by atoms with E-state index in [0.717, 1.165) is 6.08 Å². The number of aliphatic hydroxyl groups is 8. The van der Waals surface area contributed by atoms with Crippen molar-refractivity contribution in [1.82, 2.24) is 0 Å². The third-order valence-corrected chi connectivity index (χ3v) is 9.43. The maximum atomic E-state index is 12.8. The highest BCUT2D eigenvalue weighted by atomic mass is 16.8. The number of aliphatic hydroxyl groups excluding tert-OH is 8. The van der Waals surface area contributed by atoms with Gasteiger partial charge in [0.1, 0.15) is 73.8 Å². The second-order valence-electron chi connectivity index (χ2n) is 13.2. The van der Waals surface area contributed by atoms with E-state index in [1.807, 2.05) is 0 Å². The van der Waals surface area contributed by atoms with Gasteiger partial charge in [-0.15, -0.1) is 0 Å². The first-order valence-corrected chi connectivity index (χ1v) is 17.6. The summed E-state index contributed by atoms with van der Waals surface area (Å²) in [5.74, 6) is -0.750. The Morgan fingerprint density at radius 2 is 1.45 bits per heavy atom. The van der Waals surface area contributed by atoms with Crippen molar-refractivity contribution in [2.24, 2.45) is 0 Å². The number of esters is 1. The number of carbonyl (C=O) groups excluding carboxylic acids is 1. The maximum Gasteiger partial charge on any atom is 0.330 e. The van der Waals surface area contributed by atoms with Crippen LogP contribution in [0.4, 0.5) is 0 Å². The van der Waals surface area contributed by atoms with Crippen LogP contribution >= 0.6 is 0 Å². The predicted octanol–water partition coefficient (Wildman–Crippen LogP) is -2.97. The Balaban J connectivity index is 1.41.